The molecule has 2 heteroatoms. The molecule has 0 N–H and O–H groups in total. The van der Waals surface area contributed by atoms with Gasteiger partial charge in [0.05, 0.1) is 0 Å². The molecule has 15 heavy (non-hydrogen) atoms. The standard InChI is InChI=1S/C10H12S.3CH3.Sn/c1-2-6-10(7-3-1)11-8-4-5-9-11;;;;/h2-3,6-7H,4-5,8-9H2;3*1H3;/q+1;;;;. The van der Waals surface area contributed by atoms with Crippen LogP contribution in [0.25, 0.3) is 0 Å². The fourth-order valence-electron chi connectivity index (χ4n) is 2.04. The Morgan fingerprint density at radius 1 is 0.933 bits per heavy atom. The summed E-state index contributed by atoms with van der Waals surface area (Å²) in [5.74, 6) is 2.89. The van der Waals surface area contributed by atoms with E-state index in [2.05, 4.69) is 39.1 Å². The molecule has 1 saturated heterocycles. The molecule has 0 bridgehead atoms. The van der Waals surface area contributed by atoms with Gasteiger partial charge < -0.3 is 0 Å². The first kappa shape index (κ1) is 11.8. The zero-order chi connectivity index (χ0) is 10.9. The van der Waals surface area contributed by atoms with E-state index in [1.165, 1.54) is 24.3 Å². The molecule has 0 atom stereocenters. The van der Waals surface area contributed by atoms with Crippen molar-refractivity contribution in [3.63, 3.8) is 0 Å². The molecule has 0 aromatic heterocycles. The number of hydrogen-bond donors (Lipinski definition) is 0. The molecular weight excluding hydrogens is 307 g/mol. The molecule has 1 aliphatic rings. The van der Waals surface area contributed by atoms with Crippen LogP contribution in [-0.4, -0.2) is 29.9 Å². The van der Waals surface area contributed by atoms with Gasteiger partial charge in [-0.2, -0.15) is 0 Å². The first-order chi connectivity index (χ1) is 7.07. The summed E-state index contributed by atoms with van der Waals surface area (Å²) in [7, 11) is 0.598. The normalized spacial score (nSPS) is 18.3. The van der Waals surface area contributed by atoms with Gasteiger partial charge in [0.1, 0.15) is 0 Å². The molecule has 1 heterocycles. The number of rotatable bonds is 2. The van der Waals surface area contributed by atoms with E-state index in [4.69, 9.17) is 0 Å². The fourth-order valence-corrected chi connectivity index (χ4v) is 7.67. The van der Waals surface area contributed by atoms with Gasteiger partial charge in [-0.1, -0.05) is 0 Å². The van der Waals surface area contributed by atoms with Gasteiger partial charge in [-0.3, -0.25) is 0 Å². The van der Waals surface area contributed by atoms with Crippen LogP contribution in [0.3, 0.4) is 0 Å². The molecular formula is C13H21SSn+. The molecule has 1 aliphatic heterocycles. The van der Waals surface area contributed by atoms with E-state index in [1.807, 2.05) is 0 Å². The van der Waals surface area contributed by atoms with E-state index in [0.29, 0.717) is 10.9 Å². The first-order valence-electron chi connectivity index (χ1n) is 5.85. The Bertz CT molecular complexity index is 317. The van der Waals surface area contributed by atoms with Crippen LogP contribution in [-0.2, 0) is 10.9 Å². The molecule has 82 valence electrons. The van der Waals surface area contributed by atoms with Gasteiger partial charge in [0.25, 0.3) is 0 Å². The van der Waals surface area contributed by atoms with E-state index in [-0.39, 0.29) is 0 Å². The van der Waals surface area contributed by atoms with Crippen LogP contribution in [0.15, 0.2) is 29.2 Å². The van der Waals surface area contributed by atoms with E-state index in [9.17, 15) is 0 Å². The summed E-state index contributed by atoms with van der Waals surface area (Å²) in [5.41, 5.74) is 0. The number of benzene rings is 1. The predicted molar refractivity (Wildman–Crippen MR) is 74.0 cm³/mol. The molecule has 0 unspecified atom stereocenters. The van der Waals surface area contributed by atoms with Crippen molar-refractivity contribution in [2.75, 3.05) is 11.5 Å². The molecule has 0 radical (unpaired) electrons. The Morgan fingerprint density at radius 3 is 1.93 bits per heavy atom. The van der Waals surface area contributed by atoms with Gasteiger partial charge in [-0.15, -0.1) is 0 Å². The number of hydrogen-bond acceptors (Lipinski definition) is 0. The summed E-state index contributed by atoms with van der Waals surface area (Å²) in [4.78, 5) is 9.08. The average molecular weight is 328 g/mol. The third kappa shape index (κ3) is 2.93. The molecule has 0 nitrogen and oxygen atoms in total. The van der Waals surface area contributed by atoms with Crippen molar-refractivity contribution in [2.24, 2.45) is 0 Å². The van der Waals surface area contributed by atoms with Crippen LogP contribution >= 0.6 is 0 Å². The van der Waals surface area contributed by atoms with Gasteiger partial charge in [0.15, 0.2) is 0 Å². The SMILES string of the molecule is [CH3][Sn]([CH3])([CH3])[c]1ccc([S+]2CCCC2)cc1. The zero-order valence-corrected chi connectivity index (χ0v) is 13.7. The van der Waals surface area contributed by atoms with Crippen molar-refractivity contribution in [2.45, 2.75) is 32.6 Å². The Labute approximate surface area is 101 Å². The average Bonchev–Trinajstić information content (AvgIpc) is 2.69. The Hall–Kier alpha value is 0.369. The van der Waals surface area contributed by atoms with Crippen LogP contribution in [0.1, 0.15) is 12.8 Å². The van der Waals surface area contributed by atoms with Crippen LogP contribution < -0.4 is 3.58 Å². The van der Waals surface area contributed by atoms with Crippen molar-refractivity contribution in [3.05, 3.63) is 24.3 Å². The molecule has 0 amide bonds. The van der Waals surface area contributed by atoms with E-state index in [1.54, 1.807) is 8.47 Å². The van der Waals surface area contributed by atoms with Gasteiger partial charge in [0, 0.05) is 0 Å². The third-order valence-corrected chi connectivity index (χ3v) is 11.5. The zero-order valence-electron chi connectivity index (χ0n) is 10.0. The van der Waals surface area contributed by atoms with Gasteiger partial charge in [-0.05, 0) is 0 Å². The summed E-state index contributed by atoms with van der Waals surface area (Å²) in [6.45, 7) is 0. The Kier molecular flexibility index (Phi) is 3.71. The summed E-state index contributed by atoms with van der Waals surface area (Å²) in [6.07, 6.45) is 2.90. The van der Waals surface area contributed by atoms with Crippen molar-refractivity contribution in [1.82, 2.24) is 0 Å². The molecule has 2 rings (SSSR count). The van der Waals surface area contributed by atoms with E-state index in [0.717, 1.165) is 0 Å². The Morgan fingerprint density at radius 2 is 1.47 bits per heavy atom. The van der Waals surface area contributed by atoms with E-state index < -0.39 is 18.4 Å². The van der Waals surface area contributed by atoms with Gasteiger partial charge >= 0.3 is 101 Å². The molecule has 0 saturated carbocycles. The molecule has 0 aliphatic carbocycles. The van der Waals surface area contributed by atoms with Crippen molar-refractivity contribution in [1.29, 1.82) is 0 Å². The molecule has 0 spiro atoms. The van der Waals surface area contributed by atoms with Crippen LogP contribution in [0.2, 0.25) is 14.8 Å². The second-order valence-electron chi connectivity index (χ2n) is 5.38. The Balaban J connectivity index is 2.16. The maximum atomic E-state index is 2.49. The van der Waals surface area contributed by atoms with Gasteiger partial charge in [0.2, 0.25) is 0 Å². The van der Waals surface area contributed by atoms with Crippen LogP contribution in [0.5, 0.6) is 0 Å². The first-order valence-corrected chi connectivity index (χ1v) is 17.4. The van der Waals surface area contributed by atoms with Crippen LogP contribution in [0.4, 0.5) is 0 Å². The minimum absolute atomic E-state index is 0.598. The minimum atomic E-state index is -1.80. The quantitative estimate of drug-likeness (QED) is 0.578. The van der Waals surface area contributed by atoms with E-state index >= 15 is 0 Å². The molecule has 1 fully saturated rings. The van der Waals surface area contributed by atoms with Gasteiger partial charge in [-0.25, -0.2) is 0 Å². The second kappa shape index (κ2) is 4.70. The summed E-state index contributed by atoms with van der Waals surface area (Å²) in [6, 6.07) is 9.64. The second-order valence-corrected chi connectivity index (χ2v) is 22.1. The maximum absolute atomic E-state index is 2.49. The summed E-state index contributed by atoms with van der Waals surface area (Å²) < 4.78 is 1.66. The van der Waals surface area contributed by atoms with Crippen molar-refractivity contribution in [3.8, 4) is 0 Å². The third-order valence-electron chi connectivity index (χ3n) is 3.09. The topological polar surface area (TPSA) is 0 Å². The summed E-state index contributed by atoms with van der Waals surface area (Å²) >= 11 is -1.80. The summed E-state index contributed by atoms with van der Waals surface area (Å²) in [5, 5.41) is 0. The predicted octanol–water partition coefficient (Wildman–Crippen LogP) is 3.00. The van der Waals surface area contributed by atoms with Crippen molar-refractivity contribution < 1.29 is 0 Å². The van der Waals surface area contributed by atoms with Crippen molar-refractivity contribution >= 4 is 32.9 Å². The fraction of sp³-hybridized carbons (Fsp3) is 0.538. The monoisotopic (exact) mass is 329 g/mol. The molecule has 1 aromatic carbocycles. The van der Waals surface area contributed by atoms with Crippen LogP contribution in [0, 0.1) is 0 Å². The molecule has 1 aromatic rings.